The van der Waals surface area contributed by atoms with Crippen molar-refractivity contribution in [1.29, 1.82) is 0 Å². The third kappa shape index (κ3) is 3.01. The summed E-state index contributed by atoms with van der Waals surface area (Å²) in [5.74, 6) is -0.0662. The predicted molar refractivity (Wildman–Crippen MR) is 62.5 cm³/mol. The molecule has 1 amide bonds. The minimum absolute atomic E-state index is 0.0662. The van der Waals surface area contributed by atoms with Crippen molar-refractivity contribution in [3.63, 3.8) is 0 Å². The zero-order valence-electron chi connectivity index (χ0n) is 9.14. The topological polar surface area (TPSA) is 65.5 Å². The molecular weight excluding hydrogens is 226 g/mol. The molecule has 1 aliphatic rings. The third-order valence-corrected chi connectivity index (χ3v) is 3.36. The number of carbonyl (C=O) groups is 1. The molecule has 1 aliphatic heterocycles. The molecule has 88 valence electrons. The van der Waals surface area contributed by atoms with Crippen LogP contribution in [0.1, 0.15) is 12.1 Å². The number of nitrogens with zero attached hydrogens (tertiary/aromatic N) is 2. The van der Waals surface area contributed by atoms with Crippen LogP contribution < -0.4 is 5.32 Å². The van der Waals surface area contributed by atoms with Gasteiger partial charge in [-0.1, -0.05) is 0 Å². The summed E-state index contributed by atoms with van der Waals surface area (Å²) in [4.78, 5) is 17.7. The molecule has 1 fully saturated rings. The second-order valence-corrected chi connectivity index (χ2v) is 4.88. The van der Waals surface area contributed by atoms with Crippen molar-refractivity contribution >= 4 is 22.4 Å². The number of β-amino-alcohol motifs (C(OH)–C–C–N with tert-alkyl or cyclic N) is 1. The number of rotatable bonds is 3. The zero-order valence-corrected chi connectivity index (χ0v) is 9.96. The quantitative estimate of drug-likeness (QED) is 0.806. The molecule has 0 aliphatic carbocycles. The average molecular weight is 241 g/mol. The van der Waals surface area contributed by atoms with Crippen molar-refractivity contribution in [2.24, 2.45) is 0 Å². The Morgan fingerprint density at radius 1 is 1.81 bits per heavy atom. The number of carbonyl (C=O) groups excluding carboxylic acids is 1. The van der Waals surface area contributed by atoms with Crippen LogP contribution in [-0.2, 0) is 4.79 Å². The van der Waals surface area contributed by atoms with Gasteiger partial charge in [0.1, 0.15) is 0 Å². The van der Waals surface area contributed by atoms with Crippen LogP contribution in [0.4, 0.5) is 5.13 Å². The maximum atomic E-state index is 11.6. The van der Waals surface area contributed by atoms with E-state index in [0.29, 0.717) is 18.2 Å². The Labute approximate surface area is 98.1 Å². The van der Waals surface area contributed by atoms with Crippen molar-refractivity contribution in [1.82, 2.24) is 9.88 Å². The molecule has 1 aromatic rings. The van der Waals surface area contributed by atoms with Crippen molar-refractivity contribution in [2.45, 2.75) is 19.4 Å². The Balaban J connectivity index is 1.80. The summed E-state index contributed by atoms with van der Waals surface area (Å²) in [6.07, 6.45) is 0.471. The second kappa shape index (κ2) is 4.90. The van der Waals surface area contributed by atoms with Crippen molar-refractivity contribution in [3.8, 4) is 0 Å². The van der Waals surface area contributed by atoms with E-state index in [1.807, 2.05) is 17.2 Å². The largest absolute Gasteiger partial charge is 0.392 e. The molecule has 1 atom stereocenters. The molecule has 0 aromatic carbocycles. The van der Waals surface area contributed by atoms with Gasteiger partial charge in [0.2, 0.25) is 5.91 Å². The number of aromatic nitrogens is 1. The van der Waals surface area contributed by atoms with E-state index in [1.165, 1.54) is 11.3 Å². The van der Waals surface area contributed by atoms with Gasteiger partial charge < -0.3 is 10.4 Å². The zero-order chi connectivity index (χ0) is 11.5. The summed E-state index contributed by atoms with van der Waals surface area (Å²) in [5, 5.41) is 14.6. The van der Waals surface area contributed by atoms with Gasteiger partial charge in [0.25, 0.3) is 0 Å². The van der Waals surface area contributed by atoms with E-state index in [9.17, 15) is 9.90 Å². The summed E-state index contributed by atoms with van der Waals surface area (Å²) in [6, 6.07) is 0. The first-order valence-corrected chi connectivity index (χ1v) is 6.14. The first-order chi connectivity index (χ1) is 7.63. The van der Waals surface area contributed by atoms with Crippen molar-refractivity contribution in [3.05, 3.63) is 11.1 Å². The lowest BCUT2D eigenvalue weighted by Crippen LogP contribution is -2.32. The molecule has 5 nitrogen and oxygen atoms in total. The lowest BCUT2D eigenvalue weighted by Gasteiger charge is -2.13. The van der Waals surface area contributed by atoms with Crippen molar-refractivity contribution < 1.29 is 9.90 Å². The summed E-state index contributed by atoms with van der Waals surface area (Å²) < 4.78 is 0. The van der Waals surface area contributed by atoms with E-state index in [0.717, 1.165) is 18.7 Å². The number of anilines is 1. The van der Waals surface area contributed by atoms with Gasteiger partial charge in [-0.15, -0.1) is 11.3 Å². The number of thiazole rings is 1. The van der Waals surface area contributed by atoms with Gasteiger partial charge in [-0.05, 0) is 13.3 Å². The smallest absolute Gasteiger partial charge is 0.240 e. The average Bonchev–Trinajstić information content (AvgIpc) is 2.76. The molecular formula is C10H15N3O2S. The Hall–Kier alpha value is -0.980. The van der Waals surface area contributed by atoms with Crippen LogP contribution in [0.2, 0.25) is 0 Å². The molecule has 16 heavy (non-hydrogen) atoms. The molecule has 0 spiro atoms. The summed E-state index contributed by atoms with van der Waals surface area (Å²) in [6.45, 7) is 3.59. The molecule has 0 saturated carbocycles. The fraction of sp³-hybridized carbons (Fsp3) is 0.600. The van der Waals surface area contributed by atoms with Crippen molar-refractivity contribution in [2.75, 3.05) is 25.0 Å². The van der Waals surface area contributed by atoms with Crippen LogP contribution in [0.3, 0.4) is 0 Å². The minimum Gasteiger partial charge on any atom is -0.392 e. The van der Waals surface area contributed by atoms with Gasteiger partial charge in [0, 0.05) is 18.5 Å². The Kier molecular flexibility index (Phi) is 3.52. The maximum absolute atomic E-state index is 11.6. The highest BCUT2D eigenvalue weighted by Crippen LogP contribution is 2.14. The van der Waals surface area contributed by atoms with Gasteiger partial charge in [-0.3, -0.25) is 9.69 Å². The molecule has 0 radical (unpaired) electrons. The predicted octanol–water partition coefficient (Wildman–Crippen LogP) is 0.457. The lowest BCUT2D eigenvalue weighted by atomic mass is 10.3. The number of hydrogen-bond donors (Lipinski definition) is 2. The van der Waals surface area contributed by atoms with Crippen LogP contribution >= 0.6 is 11.3 Å². The first kappa shape index (κ1) is 11.5. The highest BCUT2D eigenvalue weighted by molar-refractivity contribution is 7.13. The highest BCUT2D eigenvalue weighted by Gasteiger charge is 2.22. The highest BCUT2D eigenvalue weighted by atomic mass is 32.1. The monoisotopic (exact) mass is 241 g/mol. The first-order valence-electron chi connectivity index (χ1n) is 5.26. The minimum atomic E-state index is -0.282. The van der Waals surface area contributed by atoms with Gasteiger partial charge in [0.15, 0.2) is 5.13 Å². The maximum Gasteiger partial charge on any atom is 0.240 e. The van der Waals surface area contributed by atoms with Gasteiger partial charge in [-0.2, -0.15) is 0 Å². The number of aliphatic hydroxyl groups excluding tert-OH is 1. The summed E-state index contributed by atoms with van der Waals surface area (Å²) in [5.41, 5.74) is 0.914. The van der Waals surface area contributed by atoms with Crippen LogP contribution in [0.5, 0.6) is 0 Å². The van der Waals surface area contributed by atoms with Gasteiger partial charge >= 0.3 is 0 Å². The molecule has 2 heterocycles. The van der Waals surface area contributed by atoms with Crippen LogP contribution in [0.15, 0.2) is 5.38 Å². The third-order valence-electron chi connectivity index (χ3n) is 2.48. The van der Waals surface area contributed by atoms with E-state index in [4.69, 9.17) is 0 Å². The van der Waals surface area contributed by atoms with Gasteiger partial charge in [-0.25, -0.2) is 4.98 Å². The molecule has 0 unspecified atom stereocenters. The SMILES string of the molecule is Cc1csc(NC(=O)CN2CC[C@@H](O)C2)n1. The molecule has 1 aromatic heterocycles. The Morgan fingerprint density at radius 3 is 3.19 bits per heavy atom. The Bertz CT molecular complexity index is 380. The van der Waals surface area contributed by atoms with Gasteiger partial charge in [0.05, 0.1) is 18.3 Å². The van der Waals surface area contributed by atoms with E-state index in [1.54, 1.807) is 0 Å². The summed E-state index contributed by atoms with van der Waals surface area (Å²) in [7, 11) is 0. The van der Waals surface area contributed by atoms with Crippen LogP contribution in [-0.4, -0.2) is 46.6 Å². The number of amides is 1. The number of nitrogens with one attached hydrogen (secondary N) is 1. The van der Waals surface area contributed by atoms with E-state index in [-0.39, 0.29) is 12.0 Å². The fourth-order valence-electron chi connectivity index (χ4n) is 1.73. The Morgan fingerprint density at radius 2 is 2.62 bits per heavy atom. The molecule has 0 bridgehead atoms. The number of likely N-dealkylation sites (tertiary alicyclic amines) is 1. The fourth-order valence-corrected chi connectivity index (χ4v) is 2.43. The molecule has 2 rings (SSSR count). The van der Waals surface area contributed by atoms with E-state index in [2.05, 4.69) is 10.3 Å². The summed E-state index contributed by atoms with van der Waals surface area (Å²) >= 11 is 1.43. The molecule has 6 heteroatoms. The second-order valence-electron chi connectivity index (χ2n) is 4.02. The number of aliphatic hydroxyl groups is 1. The molecule has 1 saturated heterocycles. The normalized spacial score (nSPS) is 21.2. The number of hydrogen-bond acceptors (Lipinski definition) is 5. The van der Waals surface area contributed by atoms with E-state index < -0.39 is 0 Å². The van der Waals surface area contributed by atoms with Crippen LogP contribution in [0, 0.1) is 6.92 Å². The molecule has 2 N–H and O–H groups in total. The van der Waals surface area contributed by atoms with Crippen LogP contribution in [0.25, 0.3) is 0 Å². The van der Waals surface area contributed by atoms with E-state index >= 15 is 0 Å². The lowest BCUT2D eigenvalue weighted by molar-refractivity contribution is -0.117. The standard InChI is InChI=1S/C10H15N3O2S/c1-7-6-16-10(11-7)12-9(15)5-13-3-2-8(14)4-13/h6,8,14H,2-5H2,1H3,(H,11,12,15)/t8-/m1/s1. The number of aryl methyl sites for hydroxylation is 1.